The van der Waals surface area contributed by atoms with Crippen LogP contribution < -0.4 is 0 Å². The number of amides is 2. The van der Waals surface area contributed by atoms with E-state index in [0.717, 1.165) is 26.4 Å². The van der Waals surface area contributed by atoms with Gasteiger partial charge < -0.3 is 0 Å². The van der Waals surface area contributed by atoms with Crippen molar-refractivity contribution in [3.05, 3.63) is 76.9 Å². The Bertz CT molecular complexity index is 1250. The van der Waals surface area contributed by atoms with Crippen molar-refractivity contribution in [2.75, 3.05) is 12.3 Å². The van der Waals surface area contributed by atoms with Crippen molar-refractivity contribution >= 4 is 45.1 Å². The lowest BCUT2D eigenvalue weighted by Gasteiger charge is -2.13. The number of thioether (sulfide) groups is 1. The lowest BCUT2D eigenvalue weighted by Crippen LogP contribution is -2.31. The molecule has 0 fully saturated rings. The molecule has 3 heterocycles. The van der Waals surface area contributed by atoms with Gasteiger partial charge in [-0.2, -0.15) is 0 Å². The largest absolute Gasteiger partial charge is 0.273 e. The smallest absolute Gasteiger partial charge is 0.261 e. The Kier molecular flexibility index (Phi) is 4.84. The maximum Gasteiger partial charge on any atom is 0.261 e. The maximum atomic E-state index is 12.6. The fraction of sp³-hybridized carbons (Fsp3) is 0.130. The number of nitrogens with zero attached hydrogens (tertiary/aromatic N) is 3. The summed E-state index contributed by atoms with van der Waals surface area (Å²) in [5, 5.41) is 4.00. The highest BCUT2D eigenvalue weighted by atomic mass is 32.2. The van der Waals surface area contributed by atoms with Crippen LogP contribution in [0.3, 0.4) is 0 Å². The first kappa shape index (κ1) is 19.0. The standard InChI is InChI=1S/C23H17N3O2S2/c1-14-6-8-15(9-7-14)18-12-30-21-19(18)20(24-13-25-21)29-11-10-26-22(27)16-4-2-3-5-17(16)23(26)28/h2-9,12-13H,10-11H2,1H3. The number of thiophene rings is 1. The first-order chi connectivity index (χ1) is 14.6. The molecule has 0 radical (unpaired) electrons. The third-order valence-electron chi connectivity index (χ3n) is 5.13. The Balaban J connectivity index is 1.38. The molecule has 0 atom stereocenters. The number of aryl methyl sites for hydroxylation is 1. The Morgan fingerprint density at radius 1 is 0.933 bits per heavy atom. The molecule has 0 bridgehead atoms. The van der Waals surface area contributed by atoms with Crippen molar-refractivity contribution in [3.63, 3.8) is 0 Å². The molecule has 2 aromatic heterocycles. The molecule has 2 amide bonds. The van der Waals surface area contributed by atoms with E-state index in [1.165, 1.54) is 10.5 Å². The second-order valence-electron chi connectivity index (χ2n) is 7.03. The normalized spacial score (nSPS) is 13.3. The lowest BCUT2D eigenvalue weighted by atomic mass is 10.1. The summed E-state index contributed by atoms with van der Waals surface area (Å²) in [6.45, 7) is 2.41. The van der Waals surface area contributed by atoms with Crippen LogP contribution in [0.4, 0.5) is 0 Å². The SMILES string of the molecule is Cc1ccc(-c2csc3ncnc(SCCN4C(=O)c5ccccc5C4=O)c23)cc1. The highest BCUT2D eigenvalue weighted by Crippen LogP contribution is 2.38. The molecule has 1 aliphatic rings. The van der Waals surface area contributed by atoms with Gasteiger partial charge in [0.25, 0.3) is 11.8 Å². The van der Waals surface area contributed by atoms with Gasteiger partial charge >= 0.3 is 0 Å². The quantitative estimate of drug-likeness (QED) is 0.251. The Morgan fingerprint density at radius 2 is 1.63 bits per heavy atom. The fourth-order valence-electron chi connectivity index (χ4n) is 3.58. The van der Waals surface area contributed by atoms with Crippen molar-refractivity contribution in [1.29, 1.82) is 0 Å². The van der Waals surface area contributed by atoms with E-state index >= 15 is 0 Å². The zero-order chi connectivity index (χ0) is 20.7. The molecular weight excluding hydrogens is 414 g/mol. The fourth-order valence-corrected chi connectivity index (χ4v) is 5.50. The van der Waals surface area contributed by atoms with Crippen LogP contribution in [0.2, 0.25) is 0 Å². The minimum Gasteiger partial charge on any atom is -0.273 e. The molecule has 0 N–H and O–H groups in total. The van der Waals surface area contributed by atoms with Crippen LogP contribution >= 0.6 is 23.1 Å². The molecule has 2 aromatic carbocycles. The van der Waals surface area contributed by atoms with Crippen molar-refractivity contribution in [2.45, 2.75) is 11.9 Å². The summed E-state index contributed by atoms with van der Waals surface area (Å²) in [6, 6.07) is 15.4. The molecule has 0 spiro atoms. The zero-order valence-corrected chi connectivity index (χ0v) is 17.8. The zero-order valence-electron chi connectivity index (χ0n) is 16.2. The van der Waals surface area contributed by atoms with Crippen LogP contribution in [-0.2, 0) is 0 Å². The van der Waals surface area contributed by atoms with Crippen LogP contribution in [-0.4, -0.2) is 39.0 Å². The predicted octanol–water partition coefficient (Wildman–Crippen LogP) is 5.06. The number of fused-ring (bicyclic) bond motifs is 2. The summed E-state index contributed by atoms with van der Waals surface area (Å²) in [4.78, 5) is 36.3. The summed E-state index contributed by atoms with van der Waals surface area (Å²) in [5.41, 5.74) is 4.42. The average molecular weight is 432 g/mol. The molecule has 4 aromatic rings. The van der Waals surface area contributed by atoms with E-state index in [2.05, 4.69) is 46.5 Å². The molecule has 1 aliphatic heterocycles. The van der Waals surface area contributed by atoms with E-state index in [9.17, 15) is 9.59 Å². The van der Waals surface area contributed by atoms with Gasteiger partial charge in [0, 0.05) is 23.2 Å². The topological polar surface area (TPSA) is 63.2 Å². The number of imide groups is 1. The Hall–Kier alpha value is -3.03. The third kappa shape index (κ3) is 3.20. The molecule has 0 unspecified atom stereocenters. The predicted molar refractivity (Wildman–Crippen MR) is 120 cm³/mol. The summed E-state index contributed by atoms with van der Waals surface area (Å²) >= 11 is 3.14. The minimum absolute atomic E-state index is 0.222. The monoisotopic (exact) mass is 431 g/mol. The summed E-state index contributed by atoms with van der Waals surface area (Å²) in [7, 11) is 0. The van der Waals surface area contributed by atoms with Gasteiger partial charge in [0.05, 0.1) is 16.5 Å². The van der Waals surface area contributed by atoms with Crippen molar-refractivity contribution < 1.29 is 9.59 Å². The van der Waals surface area contributed by atoms with Crippen molar-refractivity contribution in [1.82, 2.24) is 14.9 Å². The molecule has 5 rings (SSSR count). The number of aromatic nitrogens is 2. The van der Waals surface area contributed by atoms with Gasteiger partial charge in [-0.05, 0) is 24.6 Å². The van der Waals surface area contributed by atoms with Gasteiger partial charge in [0.1, 0.15) is 16.2 Å². The van der Waals surface area contributed by atoms with Gasteiger partial charge in [-0.3, -0.25) is 14.5 Å². The van der Waals surface area contributed by atoms with E-state index in [4.69, 9.17) is 0 Å². The van der Waals surface area contributed by atoms with Gasteiger partial charge in [-0.1, -0.05) is 42.0 Å². The van der Waals surface area contributed by atoms with E-state index < -0.39 is 0 Å². The molecule has 0 saturated carbocycles. The molecule has 7 heteroatoms. The number of rotatable bonds is 5. The van der Waals surface area contributed by atoms with Crippen LogP contribution in [0.25, 0.3) is 21.3 Å². The van der Waals surface area contributed by atoms with Crippen LogP contribution in [0.5, 0.6) is 0 Å². The van der Waals surface area contributed by atoms with Crippen molar-refractivity contribution in [3.8, 4) is 11.1 Å². The average Bonchev–Trinajstić information content (AvgIpc) is 3.30. The lowest BCUT2D eigenvalue weighted by molar-refractivity contribution is 0.0664. The van der Waals surface area contributed by atoms with Crippen molar-refractivity contribution in [2.24, 2.45) is 0 Å². The van der Waals surface area contributed by atoms with Gasteiger partial charge in [-0.15, -0.1) is 23.1 Å². The Morgan fingerprint density at radius 3 is 2.33 bits per heavy atom. The first-order valence-corrected chi connectivity index (χ1v) is 11.4. The molecule has 0 aliphatic carbocycles. The van der Waals surface area contributed by atoms with E-state index in [1.54, 1.807) is 53.7 Å². The number of carbonyl (C=O) groups is 2. The number of benzene rings is 2. The van der Waals surface area contributed by atoms with Gasteiger partial charge in [0.15, 0.2) is 0 Å². The molecular formula is C23H17N3O2S2. The highest BCUT2D eigenvalue weighted by molar-refractivity contribution is 7.99. The molecule has 30 heavy (non-hydrogen) atoms. The first-order valence-electron chi connectivity index (χ1n) is 9.51. The number of hydrogen-bond acceptors (Lipinski definition) is 6. The molecule has 5 nitrogen and oxygen atoms in total. The van der Waals surface area contributed by atoms with E-state index in [1.807, 2.05) is 0 Å². The number of hydrogen-bond donors (Lipinski definition) is 0. The van der Waals surface area contributed by atoms with Crippen LogP contribution in [0, 0.1) is 6.92 Å². The number of carbonyl (C=O) groups excluding carboxylic acids is 2. The minimum atomic E-state index is -0.222. The van der Waals surface area contributed by atoms with E-state index in [0.29, 0.717) is 23.4 Å². The molecule has 0 saturated heterocycles. The van der Waals surface area contributed by atoms with E-state index in [-0.39, 0.29) is 11.8 Å². The maximum absolute atomic E-state index is 12.6. The Labute approximate surface area is 181 Å². The third-order valence-corrected chi connectivity index (χ3v) is 6.99. The van der Waals surface area contributed by atoms with Gasteiger partial charge in [-0.25, -0.2) is 9.97 Å². The molecule has 148 valence electrons. The summed E-state index contributed by atoms with van der Waals surface area (Å²) in [6.07, 6.45) is 1.57. The second-order valence-corrected chi connectivity index (χ2v) is 8.97. The summed E-state index contributed by atoms with van der Waals surface area (Å²) in [5.74, 6) is 0.126. The summed E-state index contributed by atoms with van der Waals surface area (Å²) < 4.78 is 0. The van der Waals surface area contributed by atoms with Gasteiger partial charge in [0.2, 0.25) is 0 Å². The van der Waals surface area contributed by atoms with Crippen LogP contribution in [0.1, 0.15) is 26.3 Å². The highest BCUT2D eigenvalue weighted by Gasteiger charge is 2.34. The van der Waals surface area contributed by atoms with Crippen LogP contribution in [0.15, 0.2) is 65.3 Å². The second kappa shape index (κ2) is 7.66.